The Labute approximate surface area is 73.0 Å². The lowest BCUT2D eigenvalue weighted by Crippen LogP contribution is -2.14. The van der Waals surface area contributed by atoms with Gasteiger partial charge in [0.2, 0.25) is 0 Å². The summed E-state index contributed by atoms with van der Waals surface area (Å²) >= 11 is 0. The molecule has 0 aliphatic rings. The lowest BCUT2D eigenvalue weighted by atomic mass is 10.1. The standard InChI is InChI=1S/C11H11O/c1-11(2,12)9-8-10-6-4-3-5-7-10/h4-7,12H,1-2H3. The van der Waals surface area contributed by atoms with E-state index in [0.29, 0.717) is 0 Å². The summed E-state index contributed by atoms with van der Waals surface area (Å²) in [5, 5.41) is 9.30. The number of hydrogen-bond donors (Lipinski definition) is 1. The zero-order valence-corrected chi connectivity index (χ0v) is 7.26. The van der Waals surface area contributed by atoms with Crippen LogP contribution in [-0.4, -0.2) is 10.7 Å². The van der Waals surface area contributed by atoms with E-state index in [-0.39, 0.29) is 0 Å². The maximum Gasteiger partial charge on any atom is 0.120 e. The second kappa shape index (κ2) is 3.42. The highest BCUT2D eigenvalue weighted by Gasteiger charge is 2.05. The number of benzene rings is 1. The zero-order chi connectivity index (χ0) is 9.03. The fourth-order valence-corrected chi connectivity index (χ4v) is 0.695. The van der Waals surface area contributed by atoms with Crippen LogP contribution in [0.5, 0.6) is 0 Å². The van der Waals surface area contributed by atoms with E-state index in [4.69, 9.17) is 0 Å². The Morgan fingerprint density at radius 1 is 1.33 bits per heavy atom. The Kier molecular flexibility index (Phi) is 2.52. The van der Waals surface area contributed by atoms with Crippen molar-refractivity contribution in [2.45, 2.75) is 19.4 Å². The lowest BCUT2D eigenvalue weighted by molar-refractivity contribution is 0.143. The zero-order valence-electron chi connectivity index (χ0n) is 7.26. The van der Waals surface area contributed by atoms with Crippen LogP contribution >= 0.6 is 0 Å². The van der Waals surface area contributed by atoms with Crippen molar-refractivity contribution in [1.29, 1.82) is 0 Å². The third-order valence-corrected chi connectivity index (χ3v) is 1.23. The molecule has 0 saturated heterocycles. The summed E-state index contributed by atoms with van der Waals surface area (Å²) in [7, 11) is 0. The van der Waals surface area contributed by atoms with E-state index in [9.17, 15) is 5.11 Å². The van der Waals surface area contributed by atoms with Gasteiger partial charge in [-0.05, 0) is 32.0 Å². The Morgan fingerprint density at radius 2 is 1.92 bits per heavy atom. The van der Waals surface area contributed by atoms with Gasteiger partial charge >= 0.3 is 0 Å². The third-order valence-electron chi connectivity index (χ3n) is 1.23. The molecule has 61 valence electrons. The van der Waals surface area contributed by atoms with E-state index in [2.05, 4.69) is 17.9 Å². The molecule has 0 fully saturated rings. The molecule has 0 heterocycles. The van der Waals surface area contributed by atoms with Crippen molar-refractivity contribution < 1.29 is 5.11 Å². The Bertz CT molecular complexity index is 295. The predicted octanol–water partition coefficient (Wildman–Crippen LogP) is 1.61. The maximum atomic E-state index is 9.30. The van der Waals surface area contributed by atoms with Gasteiger partial charge in [-0.1, -0.05) is 24.0 Å². The summed E-state index contributed by atoms with van der Waals surface area (Å²) in [6.45, 7) is 3.32. The van der Waals surface area contributed by atoms with Crippen LogP contribution in [0.4, 0.5) is 0 Å². The highest BCUT2D eigenvalue weighted by atomic mass is 16.3. The minimum Gasteiger partial charge on any atom is -0.378 e. The average Bonchev–Trinajstić information content (AvgIpc) is 2.02. The van der Waals surface area contributed by atoms with E-state index in [1.54, 1.807) is 26.0 Å². The normalized spacial score (nSPS) is 10.2. The molecule has 1 radical (unpaired) electrons. The first-order valence-electron chi connectivity index (χ1n) is 3.79. The maximum absolute atomic E-state index is 9.30. The van der Waals surface area contributed by atoms with Crippen LogP contribution in [0.15, 0.2) is 24.3 Å². The first-order valence-corrected chi connectivity index (χ1v) is 3.79. The number of hydrogen-bond acceptors (Lipinski definition) is 1. The van der Waals surface area contributed by atoms with Gasteiger partial charge in [0.05, 0.1) is 0 Å². The molecule has 1 aromatic rings. The Hall–Kier alpha value is -1.26. The molecule has 1 nitrogen and oxygen atoms in total. The molecule has 1 rings (SSSR count). The summed E-state index contributed by atoms with van der Waals surface area (Å²) in [4.78, 5) is 0. The van der Waals surface area contributed by atoms with E-state index in [1.165, 1.54) is 0 Å². The van der Waals surface area contributed by atoms with Gasteiger partial charge in [-0.25, -0.2) is 0 Å². The van der Waals surface area contributed by atoms with Crippen LogP contribution < -0.4 is 0 Å². The van der Waals surface area contributed by atoms with Gasteiger partial charge in [0.1, 0.15) is 5.60 Å². The molecule has 1 N–H and O–H groups in total. The number of aliphatic hydroxyl groups is 1. The van der Waals surface area contributed by atoms with Crippen molar-refractivity contribution in [3.05, 3.63) is 35.9 Å². The van der Waals surface area contributed by atoms with Crippen molar-refractivity contribution in [2.75, 3.05) is 0 Å². The topological polar surface area (TPSA) is 20.2 Å². The van der Waals surface area contributed by atoms with Gasteiger partial charge < -0.3 is 5.11 Å². The van der Waals surface area contributed by atoms with Crippen molar-refractivity contribution in [3.63, 3.8) is 0 Å². The smallest absolute Gasteiger partial charge is 0.120 e. The monoisotopic (exact) mass is 159 g/mol. The molecule has 0 bridgehead atoms. The molecule has 0 spiro atoms. The van der Waals surface area contributed by atoms with Gasteiger partial charge in [0.25, 0.3) is 0 Å². The fourth-order valence-electron chi connectivity index (χ4n) is 0.695. The Balaban J connectivity index is 2.81. The molecule has 1 heteroatoms. The van der Waals surface area contributed by atoms with Crippen LogP contribution in [0.1, 0.15) is 19.4 Å². The highest BCUT2D eigenvalue weighted by Crippen LogP contribution is 1.99. The van der Waals surface area contributed by atoms with E-state index < -0.39 is 5.60 Å². The van der Waals surface area contributed by atoms with Crippen molar-refractivity contribution in [2.24, 2.45) is 0 Å². The summed E-state index contributed by atoms with van der Waals surface area (Å²) in [6.07, 6.45) is 0. The molecular weight excluding hydrogens is 148 g/mol. The molecule has 0 atom stereocenters. The molecule has 0 amide bonds. The summed E-state index contributed by atoms with van der Waals surface area (Å²) in [5.41, 5.74) is -0.0181. The molecule has 0 aromatic heterocycles. The second-order valence-electron chi connectivity index (χ2n) is 3.10. The van der Waals surface area contributed by atoms with Crippen molar-refractivity contribution >= 4 is 0 Å². The van der Waals surface area contributed by atoms with Crippen LogP contribution in [0.2, 0.25) is 0 Å². The molecular formula is C11H11O. The minimum atomic E-state index is -0.917. The first kappa shape index (κ1) is 8.83. The van der Waals surface area contributed by atoms with Crippen LogP contribution in [0, 0.1) is 17.9 Å². The summed E-state index contributed by atoms with van der Waals surface area (Å²) in [6, 6.07) is 10.2. The van der Waals surface area contributed by atoms with Gasteiger partial charge in [0.15, 0.2) is 0 Å². The minimum absolute atomic E-state index is 0.899. The van der Waals surface area contributed by atoms with Crippen molar-refractivity contribution in [1.82, 2.24) is 0 Å². The lowest BCUT2D eigenvalue weighted by Gasteiger charge is -2.05. The van der Waals surface area contributed by atoms with Crippen LogP contribution in [0.25, 0.3) is 0 Å². The highest BCUT2D eigenvalue weighted by molar-refractivity contribution is 5.35. The second-order valence-corrected chi connectivity index (χ2v) is 3.10. The van der Waals surface area contributed by atoms with Crippen LogP contribution in [-0.2, 0) is 0 Å². The van der Waals surface area contributed by atoms with Crippen LogP contribution in [0.3, 0.4) is 0 Å². The average molecular weight is 159 g/mol. The summed E-state index contributed by atoms with van der Waals surface area (Å²) < 4.78 is 0. The predicted molar refractivity (Wildman–Crippen MR) is 48.5 cm³/mol. The Morgan fingerprint density at radius 3 is 2.42 bits per heavy atom. The van der Waals surface area contributed by atoms with Gasteiger partial charge in [-0.3, -0.25) is 0 Å². The van der Waals surface area contributed by atoms with Crippen molar-refractivity contribution in [3.8, 4) is 11.8 Å². The van der Waals surface area contributed by atoms with E-state index >= 15 is 0 Å². The quantitative estimate of drug-likeness (QED) is 0.570. The molecule has 0 aliphatic heterocycles. The van der Waals surface area contributed by atoms with E-state index in [1.807, 2.05) is 12.1 Å². The van der Waals surface area contributed by atoms with E-state index in [0.717, 1.165) is 5.56 Å². The largest absolute Gasteiger partial charge is 0.378 e. The van der Waals surface area contributed by atoms with Gasteiger partial charge in [-0.2, -0.15) is 0 Å². The fraction of sp³-hybridized carbons (Fsp3) is 0.273. The van der Waals surface area contributed by atoms with Gasteiger partial charge in [0, 0.05) is 5.56 Å². The molecule has 0 aliphatic carbocycles. The molecule has 12 heavy (non-hydrogen) atoms. The first-order chi connectivity index (χ1) is 5.58. The molecule has 0 unspecified atom stereocenters. The SMILES string of the molecule is CC(C)(O)C#Cc1cc[c]cc1. The van der Waals surface area contributed by atoms with Gasteiger partial charge in [-0.15, -0.1) is 0 Å². The number of rotatable bonds is 0. The molecule has 0 saturated carbocycles. The summed E-state index contributed by atoms with van der Waals surface area (Å²) in [5.74, 6) is 5.59. The molecule has 1 aromatic carbocycles. The third kappa shape index (κ3) is 3.23.